The minimum Gasteiger partial charge on any atom is -0.357 e. The maximum Gasteiger partial charge on any atom is 0.151 e. The average Bonchev–Trinajstić information content (AvgIpc) is 2.56. The van der Waals surface area contributed by atoms with E-state index in [1.54, 1.807) is 6.20 Å². The summed E-state index contributed by atoms with van der Waals surface area (Å²) in [6.07, 6.45) is 9.12. The fourth-order valence-electron chi connectivity index (χ4n) is 3.40. The summed E-state index contributed by atoms with van der Waals surface area (Å²) in [5, 5.41) is 0. The van der Waals surface area contributed by atoms with Gasteiger partial charge in [0.15, 0.2) is 6.29 Å². The molecular formula is C16H23N3O. The fourth-order valence-corrected chi connectivity index (χ4v) is 3.40. The minimum absolute atomic E-state index is 0.650. The van der Waals surface area contributed by atoms with Crippen LogP contribution in [0.1, 0.15) is 42.5 Å². The van der Waals surface area contributed by atoms with Crippen molar-refractivity contribution in [2.45, 2.75) is 38.1 Å². The molecule has 1 aromatic heterocycles. The first kappa shape index (κ1) is 13.6. The van der Waals surface area contributed by atoms with Crippen molar-refractivity contribution in [2.75, 3.05) is 31.1 Å². The molecule has 0 atom stereocenters. The van der Waals surface area contributed by atoms with E-state index in [1.807, 2.05) is 12.1 Å². The first-order valence-corrected chi connectivity index (χ1v) is 7.77. The van der Waals surface area contributed by atoms with E-state index in [-0.39, 0.29) is 0 Å². The molecule has 0 radical (unpaired) electrons. The predicted octanol–water partition coefficient (Wildman–Crippen LogP) is 2.35. The van der Waals surface area contributed by atoms with Gasteiger partial charge in [-0.2, -0.15) is 0 Å². The highest BCUT2D eigenvalue weighted by molar-refractivity contribution is 5.74. The van der Waals surface area contributed by atoms with Crippen LogP contribution < -0.4 is 4.90 Å². The zero-order chi connectivity index (χ0) is 13.8. The van der Waals surface area contributed by atoms with Crippen molar-refractivity contribution in [3.8, 4) is 0 Å². The zero-order valence-electron chi connectivity index (χ0n) is 12.0. The normalized spacial score (nSPS) is 21.9. The van der Waals surface area contributed by atoms with Crippen molar-refractivity contribution >= 4 is 12.1 Å². The molecule has 3 heterocycles. The van der Waals surface area contributed by atoms with E-state index in [1.165, 1.54) is 45.2 Å². The average molecular weight is 273 g/mol. The molecule has 2 fully saturated rings. The number of hydrogen-bond acceptors (Lipinski definition) is 4. The highest BCUT2D eigenvalue weighted by Gasteiger charge is 2.25. The van der Waals surface area contributed by atoms with Crippen LogP contribution in [0.5, 0.6) is 0 Å². The molecule has 0 aliphatic carbocycles. The molecule has 0 aromatic carbocycles. The van der Waals surface area contributed by atoms with Crippen molar-refractivity contribution in [1.29, 1.82) is 0 Å². The number of anilines is 1. The van der Waals surface area contributed by atoms with Crippen molar-refractivity contribution in [3.63, 3.8) is 0 Å². The number of piperidine rings is 2. The second-order valence-electron chi connectivity index (χ2n) is 5.88. The second-order valence-corrected chi connectivity index (χ2v) is 5.88. The predicted molar refractivity (Wildman–Crippen MR) is 80.3 cm³/mol. The largest absolute Gasteiger partial charge is 0.357 e. The van der Waals surface area contributed by atoms with E-state index in [2.05, 4.69) is 14.8 Å². The van der Waals surface area contributed by atoms with E-state index < -0.39 is 0 Å². The lowest BCUT2D eigenvalue weighted by Gasteiger charge is -2.40. The Bertz CT molecular complexity index is 432. The molecule has 20 heavy (non-hydrogen) atoms. The fraction of sp³-hybridized carbons (Fsp3) is 0.625. The first-order chi connectivity index (χ1) is 9.86. The van der Waals surface area contributed by atoms with Crippen LogP contribution in [0.3, 0.4) is 0 Å². The lowest BCUT2D eigenvalue weighted by Crippen LogP contribution is -2.46. The Morgan fingerprint density at radius 3 is 2.40 bits per heavy atom. The molecule has 0 saturated carbocycles. The highest BCUT2D eigenvalue weighted by Crippen LogP contribution is 2.23. The van der Waals surface area contributed by atoms with Crippen molar-refractivity contribution in [2.24, 2.45) is 0 Å². The molecular weight excluding hydrogens is 250 g/mol. The molecule has 0 bridgehead atoms. The van der Waals surface area contributed by atoms with Crippen molar-refractivity contribution in [3.05, 3.63) is 23.9 Å². The molecule has 0 N–H and O–H groups in total. The maximum absolute atomic E-state index is 10.7. The Morgan fingerprint density at radius 1 is 1.05 bits per heavy atom. The maximum atomic E-state index is 10.7. The van der Waals surface area contributed by atoms with E-state index in [0.29, 0.717) is 5.56 Å². The molecule has 0 amide bonds. The van der Waals surface area contributed by atoms with Gasteiger partial charge >= 0.3 is 0 Å². The monoisotopic (exact) mass is 273 g/mol. The molecule has 2 saturated heterocycles. The van der Waals surface area contributed by atoms with Gasteiger partial charge in [0.2, 0.25) is 0 Å². The van der Waals surface area contributed by atoms with E-state index in [4.69, 9.17) is 0 Å². The van der Waals surface area contributed by atoms with Crippen LogP contribution in [0.15, 0.2) is 18.3 Å². The summed E-state index contributed by atoms with van der Waals surface area (Å²) in [6, 6.07) is 4.58. The molecule has 2 aliphatic heterocycles. The first-order valence-electron chi connectivity index (χ1n) is 7.77. The van der Waals surface area contributed by atoms with E-state index in [9.17, 15) is 4.79 Å². The third kappa shape index (κ3) is 3.01. The zero-order valence-corrected chi connectivity index (χ0v) is 12.0. The van der Waals surface area contributed by atoms with Gasteiger partial charge in [-0.25, -0.2) is 4.98 Å². The molecule has 2 aliphatic rings. The summed E-state index contributed by atoms with van der Waals surface area (Å²) in [5.74, 6) is 1.01. The van der Waals surface area contributed by atoms with E-state index in [0.717, 1.165) is 31.2 Å². The van der Waals surface area contributed by atoms with Gasteiger partial charge in [-0.3, -0.25) is 4.79 Å². The van der Waals surface area contributed by atoms with Crippen LogP contribution in [0.4, 0.5) is 5.82 Å². The minimum atomic E-state index is 0.650. The smallest absolute Gasteiger partial charge is 0.151 e. The van der Waals surface area contributed by atoms with Crippen molar-refractivity contribution < 1.29 is 4.79 Å². The van der Waals surface area contributed by atoms with Gasteiger partial charge in [0, 0.05) is 30.9 Å². The summed E-state index contributed by atoms with van der Waals surface area (Å²) in [4.78, 5) is 20.1. The van der Waals surface area contributed by atoms with Gasteiger partial charge in [0.1, 0.15) is 5.82 Å². The summed E-state index contributed by atoms with van der Waals surface area (Å²) in [7, 11) is 0. The topological polar surface area (TPSA) is 36.4 Å². The SMILES string of the molecule is O=Cc1ccc(N2CCC(N3CCCCC3)CC2)nc1. The number of pyridine rings is 1. The highest BCUT2D eigenvalue weighted by atomic mass is 16.1. The Morgan fingerprint density at radius 2 is 1.80 bits per heavy atom. The molecule has 108 valence electrons. The van der Waals surface area contributed by atoms with Gasteiger partial charge in [0.05, 0.1) is 0 Å². The summed E-state index contributed by atoms with van der Waals surface area (Å²) in [6.45, 7) is 4.73. The summed E-state index contributed by atoms with van der Waals surface area (Å²) >= 11 is 0. The second kappa shape index (κ2) is 6.35. The Hall–Kier alpha value is -1.42. The molecule has 4 heteroatoms. The van der Waals surface area contributed by atoms with Crippen molar-refractivity contribution in [1.82, 2.24) is 9.88 Å². The number of likely N-dealkylation sites (tertiary alicyclic amines) is 1. The Balaban J connectivity index is 1.55. The molecule has 0 unspecified atom stereocenters. The number of carbonyl (C=O) groups excluding carboxylic acids is 1. The number of aldehydes is 1. The third-order valence-corrected chi connectivity index (χ3v) is 4.60. The van der Waals surface area contributed by atoms with Crippen LogP contribution in [-0.2, 0) is 0 Å². The Kier molecular flexibility index (Phi) is 4.31. The quantitative estimate of drug-likeness (QED) is 0.792. The Labute approximate surface area is 120 Å². The molecule has 1 aromatic rings. The molecule has 4 nitrogen and oxygen atoms in total. The van der Waals surface area contributed by atoms with Crippen LogP contribution in [-0.4, -0.2) is 48.4 Å². The van der Waals surface area contributed by atoms with Gasteiger partial charge in [0.25, 0.3) is 0 Å². The number of hydrogen-bond donors (Lipinski definition) is 0. The van der Waals surface area contributed by atoms with Gasteiger partial charge < -0.3 is 9.80 Å². The van der Waals surface area contributed by atoms with Gasteiger partial charge in [-0.15, -0.1) is 0 Å². The lowest BCUT2D eigenvalue weighted by atomic mass is 10.00. The van der Waals surface area contributed by atoms with Gasteiger partial charge in [-0.1, -0.05) is 6.42 Å². The standard InChI is InChI=1S/C16H23N3O/c20-13-14-4-5-16(17-12-14)19-10-6-15(7-11-19)18-8-2-1-3-9-18/h4-5,12-13,15H,1-3,6-11H2. The molecule has 0 spiro atoms. The number of rotatable bonds is 3. The number of nitrogens with zero attached hydrogens (tertiary/aromatic N) is 3. The van der Waals surface area contributed by atoms with Crippen LogP contribution >= 0.6 is 0 Å². The molecule has 3 rings (SSSR count). The number of aromatic nitrogens is 1. The van der Waals surface area contributed by atoms with Crippen LogP contribution in [0.25, 0.3) is 0 Å². The van der Waals surface area contributed by atoms with E-state index >= 15 is 0 Å². The lowest BCUT2D eigenvalue weighted by molar-refractivity contribution is 0.112. The summed E-state index contributed by atoms with van der Waals surface area (Å²) in [5.41, 5.74) is 0.650. The number of carbonyl (C=O) groups is 1. The van der Waals surface area contributed by atoms with Crippen LogP contribution in [0, 0.1) is 0 Å². The van der Waals surface area contributed by atoms with Crippen LogP contribution in [0.2, 0.25) is 0 Å². The summed E-state index contributed by atoms with van der Waals surface area (Å²) < 4.78 is 0. The third-order valence-electron chi connectivity index (χ3n) is 4.60. The van der Waals surface area contributed by atoms with Gasteiger partial charge in [-0.05, 0) is 50.9 Å².